The Hall–Kier alpha value is -1.80. The van der Waals surface area contributed by atoms with Crippen molar-refractivity contribution in [3.8, 4) is 5.75 Å². The van der Waals surface area contributed by atoms with Crippen LogP contribution in [0.2, 0.25) is 0 Å². The molecule has 0 fully saturated rings. The number of amides is 1. The van der Waals surface area contributed by atoms with E-state index in [4.69, 9.17) is 4.74 Å². The molecule has 0 radical (unpaired) electrons. The van der Waals surface area contributed by atoms with Crippen LogP contribution in [0.25, 0.3) is 0 Å². The predicted molar refractivity (Wildman–Crippen MR) is 90.2 cm³/mol. The van der Waals surface area contributed by atoms with Gasteiger partial charge in [-0.1, -0.05) is 30.0 Å². The van der Waals surface area contributed by atoms with Gasteiger partial charge in [0, 0.05) is 12.2 Å². The maximum atomic E-state index is 11.5. The summed E-state index contributed by atoms with van der Waals surface area (Å²) in [4.78, 5) is 11.5. The van der Waals surface area contributed by atoms with Crippen molar-refractivity contribution < 1.29 is 9.53 Å². The normalized spacial score (nSPS) is 10.3. The van der Waals surface area contributed by atoms with Gasteiger partial charge in [-0.15, -0.1) is 10.2 Å². The summed E-state index contributed by atoms with van der Waals surface area (Å²) in [6.45, 7) is 2.73. The van der Waals surface area contributed by atoms with E-state index in [1.165, 1.54) is 23.1 Å². The van der Waals surface area contributed by atoms with Crippen LogP contribution in [-0.2, 0) is 4.79 Å². The van der Waals surface area contributed by atoms with Crippen molar-refractivity contribution in [1.29, 1.82) is 0 Å². The van der Waals surface area contributed by atoms with Crippen molar-refractivity contribution in [2.24, 2.45) is 0 Å². The summed E-state index contributed by atoms with van der Waals surface area (Å²) < 4.78 is 5.88. The summed E-state index contributed by atoms with van der Waals surface area (Å²) in [7, 11) is 1.63. The molecule has 8 heteroatoms. The number of thioether (sulfide) groups is 1. The largest absolute Gasteiger partial charge is 0.497 e. The molecule has 1 aromatic heterocycles. The molecule has 0 saturated heterocycles. The van der Waals surface area contributed by atoms with Gasteiger partial charge >= 0.3 is 0 Å². The lowest BCUT2D eigenvalue weighted by Crippen LogP contribution is -2.25. The third kappa shape index (κ3) is 5.19. The minimum absolute atomic E-state index is 0.0201. The van der Waals surface area contributed by atoms with E-state index in [2.05, 4.69) is 20.8 Å². The second-order valence-corrected chi connectivity index (χ2v) is 6.57. The number of ether oxygens (including phenoxy) is 1. The lowest BCUT2D eigenvalue weighted by atomic mass is 10.3. The van der Waals surface area contributed by atoms with Crippen molar-refractivity contribution in [2.75, 3.05) is 24.7 Å². The Morgan fingerprint density at radius 1 is 1.32 bits per heavy atom. The van der Waals surface area contributed by atoms with Crippen molar-refractivity contribution in [3.05, 3.63) is 24.3 Å². The van der Waals surface area contributed by atoms with E-state index in [0.29, 0.717) is 17.4 Å². The van der Waals surface area contributed by atoms with Crippen LogP contribution in [0.5, 0.6) is 5.75 Å². The topological polar surface area (TPSA) is 76.1 Å². The van der Waals surface area contributed by atoms with Gasteiger partial charge in [0.2, 0.25) is 11.0 Å². The number of nitrogens with one attached hydrogen (secondary N) is 2. The quantitative estimate of drug-likeness (QED) is 0.721. The zero-order valence-corrected chi connectivity index (χ0v) is 14.1. The van der Waals surface area contributed by atoms with Crippen LogP contribution in [0.4, 0.5) is 10.8 Å². The molecule has 2 N–H and O–H groups in total. The summed E-state index contributed by atoms with van der Waals surface area (Å²) in [6, 6.07) is 7.56. The zero-order chi connectivity index (χ0) is 15.8. The number of carbonyl (C=O) groups excluding carboxylic acids is 1. The molecule has 0 aliphatic heterocycles. The van der Waals surface area contributed by atoms with Gasteiger partial charge in [0.25, 0.3) is 0 Å². The molecule has 1 heterocycles. The Morgan fingerprint density at radius 2 is 2.09 bits per heavy atom. The summed E-state index contributed by atoms with van der Waals surface area (Å²) in [5.41, 5.74) is 0.911. The van der Waals surface area contributed by atoms with Gasteiger partial charge in [-0.05, 0) is 30.7 Å². The third-order valence-corrected chi connectivity index (χ3v) is 4.62. The Labute approximate surface area is 137 Å². The van der Waals surface area contributed by atoms with Gasteiger partial charge in [-0.3, -0.25) is 4.79 Å². The van der Waals surface area contributed by atoms with E-state index in [-0.39, 0.29) is 5.91 Å². The number of rotatable bonds is 8. The highest BCUT2D eigenvalue weighted by atomic mass is 32.2. The first-order chi connectivity index (χ1) is 10.7. The Morgan fingerprint density at radius 3 is 2.77 bits per heavy atom. The average Bonchev–Trinajstić information content (AvgIpc) is 2.99. The molecule has 0 bridgehead atoms. The fraction of sp³-hybridized carbons (Fsp3) is 0.357. The van der Waals surface area contributed by atoms with Crippen LogP contribution in [-0.4, -0.2) is 35.5 Å². The molecule has 1 amide bonds. The number of methoxy groups -OCH3 is 1. The van der Waals surface area contributed by atoms with Gasteiger partial charge in [-0.2, -0.15) is 0 Å². The van der Waals surface area contributed by atoms with Crippen LogP contribution < -0.4 is 15.4 Å². The fourth-order valence-corrected chi connectivity index (χ4v) is 3.16. The first-order valence-electron chi connectivity index (χ1n) is 6.85. The minimum Gasteiger partial charge on any atom is -0.497 e. The first kappa shape index (κ1) is 16.6. The van der Waals surface area contributed by atoms with Crippen LogP contribution in [0.1, 0.15) is 13.3 Å². The minimum atomic E-state index is 0.0201. The van der Waals surface area contributed by atoms with Crippen molar-refractivity contribution in [3.63, 3.8) is 0 Å². The molecule has 0 aliphatic rings. The Kier molecular flexibility index (Phi) is 6.47. The van der Waals surface area contributed by atoms with Crippen LogP contribution in [0.15, 0.2) is 28.6 Å². The van der Waals surface area contributed by atoms with Crippen LogP contribution in [0, 0.1) is 0 Å². The second kappa shape index (κ2) is 8.60. The maximum absolute atomic E-state index is 11.5. The van der Waals surface area contributed by atoms with Gasteiger partial charge in [0.15, 0.2) is 4.34 Å². The molecule has 0 aliphatic carbocycles. The third-order valence-electron chi connectivity index (χ3n) is 2.65. The van der Waals surface area contributed by atoms with E-state index < -0.39 is 0 Å². The lowest BCUT2D eigenvalue weighted by molar-refractivity contribution is -0.118. The molecule has 0 atom stereocenters. The molecule has 22 heavy (non-hydrogen) atoms. The maximum Gasteiger partial charge on any atom is 0.230 e. The lowest BCUT2D eigenvalue weighted by Gasteiger charge is -2.03. The van der Waals surface area contributed by atoms with E-state index in [1.54, 1.807) is 7.11 Å². The molecular weight excluding hydrogens is 320 g/mol. The number of benzene rings is 1. The summed E-state index contributed by atoms with van der Waals surface area (Å²) in [5, 5.41) is 14.8. The zero-order valence-electron chi connectivity index (χ0n) is 12.5. The smallest absolute Gasteiger partial charge is 0.230 e. The number of hydrogen-bond acceptors (Lipinski definition) is 7. The average molecular weight is 338 g/mol. The number of nitrogens with zero attached hydrogens (tertiary/aromatic N) is 2. The Balaban J connectivity index is 1.84. The first-order valence-corrected chi connectivity index (χ1v) is 8.65. The van der Waals surface area contributed by atoms with Crippen LogP contribution >= 0.6 is 23.1 Å². The summed E-state index contributed by atoms with van der Waals surface area (Å²) in [6.07, 6.45) is 0.936. The highest BCUT2D eigenvalue weighted by molar-refractivity contribution is 8.01. The molecule has 2 rings (SSSR count). The van der Waals surface area contributed by atoms with Gasteiger partial charge in [-0.25, -0.2) is 0 Å². The van der Waals surface area contributed by atoms with Crippen LogP contribution in [0.3, 0.4) is 0 Å². The number of aromatic nitrogens is 2. The highest BCUT2D eigenvalue weighted by Crippen LogP contribution is 2.28. The molecule has 1 aromatic carbocycles. The van der Waals surface area contributed by atoms with E-state index in [1.807, 2.05) is 31.2 Å². The molecule has 118 valence electrons. The van der Waals surface area contributed by atoms with E-state index in [0.717, 1.165) is 22.2 Å². The Bertz CT molecular complexity index is 601. The van der Waals surface area contributed by atoms with Crippen molar-refractivity contribution >= 4 is 39.8 Å². The summed E-state index contributed by atoms with van der Waals surface area (Å²) in [5.74, 6) is 1.18. The fourth-order valence-electron chi connectivity index (χ4n) is 1.56. The van der Waals surface area contributed by atoms with Gasteiger partial charge < -0.3 is 15.4 Å². The molecule has 0 unspecified atom stereocenters. The van der Waals surface area contributed by atoms with Crippen molar-refractivity contribution in [2.45, 2.75) is 17.7 Å². The number of anilines is 2. The van der Waals surface area contributed by atoms with Gasteiger partial charge in [0.05, 0.1) is 12.9 Å². The highest BCUT2D eigenvalue weighted by Gasteiger charge is 2.08. The standard InChI is InChI=1S/C14H18N4O2S2/c1-3-8-15-12(19)9-21-14-18-17-13(22-14)16-10-4-6-11(20-2)7-5-10/h4-7H,3,8-9H2,1-2H3,(H,15,19)(H,16,17). The predicted octanol–water partition coefficient (Wildman–Crippen LogP) is 2.91. The molecular formula is C14H18N4O2S2. The van der Waals surface area contributed by atoms with Gasteiger partial charge in [0.1, 0.15) is 5.75 Å². The second-order valence-electron chi connectivity index (χ2n) is 4.37. The van der Waals surface area contributed by atoms with E-state index >= 15 is 0 Å². The molecule has 0 saturated carbocycles. The molecule has 2 aromatic rings. The number of carbonyl (C=O) groups is 1. The molecule has 6 nitrogen and oxygen atoms in total. The molecule has 0 spiro atoms. The summed E-state index contributed by atoms with van der Waals surface area (Å²) >= 11 is 2.81. The van der Waals surface area contributed by atoms with E-state index in [9.17, 15) is 4.79 Å². The number of hydrogen-bond donors (Lipinski definition) is 2. The SMILES string of the molecule is CCCNC(=O)CSc1nnc(Nc2ccc(OC)cc2)s1. The van der Waals surface area contributed by atoms with Crippen molar-refractivity contribution in [1.82, 2.24) is 15.5 Å². The monoisotopic (exact) mass is 338 g/mol.